The zero-order chi connectivity index (χ0) is 13.2. The van der Waals surface area contributed by atoms with Gasteiger partial charge in [0.25, 0.3) is 0 Å². The van der Waals surface area contributed by atoms with Crippen LogP contribution < -0.4 is 4.74 Å². The molecule has 1 saturated heterocycles. The summed E-state index contributed by atoms with van der Waals surface area (Å²) in [5.41, 5.74) is 0. The highest BCUT2D eigenvalue weighted by Crippen LogP contribution is 2.22. The number of para-hydroxylation sites is 1. The first-order chi connectivity index (χ1) is 9.20. The van der Waals surface area contributed by atoms with Crippen molar-refractivity contribution in [1.29, 1.82) is 0 Å². The molecule has 0 saturated carbocycles. The highest BCUT2D eigenvalue weighted by atomic mass is 32.1. The first-order valence-corrected chi connectivity index (χ1v) is 6.95. The number of aryl methyl sites for hydroxylation is 1. The van der Waals surface area contributed by atoms with Gasteiger partial charge in [0, 0.05) is 13.1 Å². The predicted octanol–water partition coefficient (Wildman–Crippen LogP) is 2.25. The maximum atomic E-state index is 13.4. The van der Waals surface area contributed by atoms with Gasteiger partial charge in [-0.2, -0.15) is 0 Å². The molecule has 1 fully saturated rings. The van der Waals surface area contributed by atoms with Gasteiger partial charge in [0.05, 0.1) is 6.54 Å². The van der Waals surface area contributed by atoms with Crippen molar-refractivity contribution in [2.45, 2.75) is 19.6 Å². The smallest absolute Gasteiger partial charge is 0.165 e. The molecule has 1 aromatic carbocycles. The molecule has 0 aliphatic carbocycles. The Kier molecular flexibility index (Phi) is 3.44. The minimum Gasteiger partial charge on any atom is -0.485 e. The molecule has 1 aliphatic heterocycles. The van der Waals surface area contributed by atoms with Gasteiger partial charge in [0.1, 0.15) is 16.1 Å². The Bertz CT molecular complexity index is 569. The highest BCUT2D eigenvalue weighted by Gasteiger charge is 2.29. The molecule has 0 N–H and O–H groups in total. The lowest BCUT2D eigenvalue weighted by Crippen LogP contribution is -2.53. The summed E-state index contributed by atoms with van der Waals surface area (Å²) in [6.45, 7) is 4.34. The lowest BCUT2D eigenvalue weighted by molar-refractivity contribution is 0.0122. The summed E-state index contributed by atoms with van der Waals surface area (Å²) in [6.07, 6.45) is 0.0610. The Labute approximate surface area is 114 Å². The standard InChI is InChI=1S/C13H14FN3OS/c1-9-15-16-13(19-9)8-17-6-10(7-17)18-12-5-3-2-4-11(12)14/h2-5,10H,6-8H2,1H3. The van der Waals surface area contributed by atoms with E-state index in [-0.39, 0.29) is 11.9 Å². The Morgan fingerprint density at radius 3 is 2.84 bits per heavy atom. The van der Waals surface area contributed by atoms with Crippen LogP contribution in [0, 0.1) is 12.7 Å². The summed E-state index contributed by atoms with van der Waals surface area (Å²) in [5.74, 6) is 0.0274. The van der Waals surface area contributed by atoms with E-state index in [4.69, 9.17) is 4.74 Å². The number of benzene rings is 1. The molecule has 4 nitrogen and oxygen atoms in total. The average molecular weight is 279 g/mol. The number of nitrogens with zero attached hydrogens (tertiary/aromatic N) is 3. The van der Waals surface area contributed by atoms with E-state index in [9.17, 15) is 4.39 Å². The number of ether oxygens (including phenoxy) is 1. The van der Waals surface area contributed by atoms with E-state index in [1.165, 1.54) is 6.07 Å². The number of aromatic nitrogens is 2. The molecular weight excluding hydrogens is 265 g/mol. The van der Waals surface area contributed by atoms with Crippen molar-refractivity contribution in [1.82, 2.24) is 15.1 Å². The molecule has 0 bridgehead atoms. The first-order valence-electron chi connectivity index (χ1n) is 6.13. The highest BCUT2D eigenvalue weighted by molar-refractivity contribution is 7.11. The Hall–Kier alpha value is -1.53. The van der Waals surface area contributed by atoms with Gasteiger partial charge in [-0.15, -0.1) is 21.5 Å². The molecule has 19 heavy (non-hydrogen) atoms. The third-order valence-electron chi connectivity index (χ3n) is 2.98. The van der Waals surface area contributed by atoms with Crippen molar-refractivity contribution in [3.05, 3.63) is 40.1 Å². The van der Waals surface area contributed by atoms with Crippen molar-refractivity contribution in [2.75, 3.05) is 13.1 Å². The fourth-order valence-corrected chi connectivity index (χ4v) is 2.79. The molecule has 1 aromatic heterocycles. The van der Waals surface area contributed by atoms with Crippen LogP contribution in [0.4, 0.5) is 4.39 Å². The Morgan fingerprint density at radius 2 is 2.16 bits per heavy atom. The molecule has 0 radical (unpaired) electrons. The molecule has 3 rings (SSSR count). The van der Waals surface area contributed by atoms with Crippen LogP contribution >= 0.6 is 11.3 Å². The maximum absolute atomic E-state index is 13.4. The molecule has 2 heterocycles. The number of likely N-dealkylation sites (tertiary alicyclic amines) is 1. The zero-order valence-corrected chi connectivity index (χ0v) is 11.4. The Balaban J connectivity index is 1.49. The fourth-order valence-electron chi connectivity index (χ4n) is 2.04. The van der Waals surface area contributed by atoms with Crippen LogP contribution in [0.1, 0.15) is 10.0 Å². The molecule has 100 valence electrons. The van der Waals surface area contributed by atoms with Crippen LogP contribution in [0.25, 0.3) is 0 Å². The van der Waals surface area contributed by atoms with E-state index in [2.05, 4.69) is 15.1 Å². The second-order valence-corrected chi connectivity index (χ2v) is 5.85. The van der Waals surface area contributed by atoms with Crippen LogP contribution in [-0.2, 0) is 6.54 Å². The minimum atomic E-state index is -0.305. The second-order valence-electron chi connectivity index (χ2n) is 4.58. The average Bonchev–Trinajstić information content (AvgIpc) is 2.75. The van der Waals surface area contributed by atoms with Crippen LogP contribution in [0.15, 0.2) is 24.3 Å². The number of rotatable bonds is 4. The van der Waals surface area contributed by atoms with E-state index in [1.54, 1.807) is 29.5 Å². The largest absolute Gasteiger partial charge is 0.485 e. The van der Waals surface area contributed by atoms with Crippen molar-refractivity contribution in [3.8, 4) is 5.75 Å². The predicted molar refractivity (Wildman–Crippen MR) is 70.7 cm³/mol. The first kappa shape index (κ1) is 12.5. The van der Waals surface area contributed by atoms with Crippen molar-refractivity contribution < 1.29 is 9.13 Å². The monoisotopic (exact) mass is 279 g/mol. The summed E-state index contributed by atoms with van der Waals surface area (Å²) >= 11 is 1.61. The molecule has 1 aliphatic rings. The molecule has 0 atom stereocenters. The third-order valence-corrected chi connectivity index (χ3v) is 3.80. The fraction of sp³-hybridized carbons (Fsp3) is 0.385. The summed E-state index contributed by atoms with van der Waals surface area (Å²) < 4.78 is 19.0. The van der Waals surface area contributed by atoms with E-state index in [0.29, 0.717) is 5.75 Å². The van der Waals surface area contributed by atoms with Gasteiger partial charge in [-0.3, -0.25) is 4.90 Å². The van der Waals surface area contributed by atoms with E-state index < -0.39 is 0 Å². The van der Waals surface area contributed by atoms with E-state index in [0.717, 1.165) is 29.6 Å². The van der Waals surface area contributed by atoms with E-state index >= 15 is 0 Å². The molecule has 0 unspecified atom stereocenters. The molecule has 0 spiro atoms. The van der Waals surface area contributed by atoms with E-state index in [1.807, 2.05) is 6.92 Å². The Morgan fingerprint density at radius 1 is 1.37 bits per heavy atom. The quantitative estimate of drug-likeness (QED) is 0.860. The summed E-state index contributed by atoms with van der Waals surface area (Å²) in [6, 6.07) is 6.51. The van der Waals surface area contributed by atoms with Crippen LogP contribution in [0.5, 0.6) is 5.75 Å². The van der Waals surface area contributed by atoms with Crippen LogP contribution in [-0.4, -0.2) is 34.3 Å². The van der Waals surface area contributed by atoms with Gasteiger partial charge in [0.15, 0.2) is 11.6 Å². The zero-order valence-electron chi connectivity index (χ0n) is 10.5. The molecular formula is C13H14FN3OS. The lowest BCUT2D eigenvalue weighted by atomic mass is 10.1. The third kappa shape index (κ3) is 2.90. The minimum absolute atomic E-state index is 0.0610. The lowest BCUT2D eigenvalue weighted by Gasteiger charge is -2.38. The number of halogens is 1. The number of hydrogen-bond acceptors (Lipinski definition) is 5. The van der Waals surface area contributed by atoms with Crippen molar-refractivity contribution in [3.63, 3.8) is 0 Å². The van der Waals surface area contributed by atoms with Gasteiger partial charge < -0.3 is 4.74 Å². The van der Waals surface area contributed by atoms with Crippen molar-refractivity contribution in [2.24, 2.45) is 0 Å². The van der Waals surface area contributed by atoms with Gasteiger partial charge in [0.2, 0.25) is 0 Å². The summed E-state index contributed by atoms with van der Waals surface area (Å²) in [4.78, 5) is 2.21. The summed E-state index contributed by atoms with van der Waals surface area (Å²) in [5, 5.41) is 10.1. The second kappa shape index (κ2) is 5.22. The van der Waals surface area contributed by atoms with Gasteiger partial charge in [-0.05, 0) is 19.1 Å². The van der Waals surface area contributed by atoms with Crippen molar-refractivity contribution >= 4 is 11.3 Å². The normalized spacial score (nSPS) is 16.3. The molecule has 6 heteroatoms. The SMILES string of the molecule is Cc1nnc(CN2CC(Oc3ccccc3F)C2)s1. The van der Waals surface area contributed by atoms with Crippen LogP contribution in [0.3, 0.4) is 0 Å². The molecule has 0 amide bonds. The van der Waals surface area contributed by atoms with Crippen LogP contribution in [0.2, 0.25) is 0 Å². The number of hydrogen-bond donors (Lipinski definition) is 0. The van der Waals surface area contributed by atoms with Gasteiger partial charge in [-0.1, -0.05) is 12.1 Å². The van der Waals surface area contributed by atoms with Gasteiger partial charge >= 0.3 is 0 Å². The maximum Gasteiger partial charge on any atom is 0.165 e. The topological polar surface area (TPSA) is 38.2 Å². The summed E-state index contributed by atoms with van der Waals surface area (Å²) in [7, 11) is 0. The van der Waals surface area contributed by atoms with Gasteiger partial charge in [-0.25, -0.2) is 4.39 Å². The molecule has 2 aromatic rings.